The molecule has 0 aliphatic carbocycles. The molecule has 0 N–H and O–H groups in total. The molecule has 17 heavy (non-hydrogen) atoms. The Kier molecular flexibility index (Phi) is 2.91. The number of rotatable bonds is 2. The van der Waals surface area contributed by atoms with Crippen molar-refractivity contribution < 1.29 is 9.59 Å². The fourth-order valence-corrected chi connectivity index (χ4v) is 1.71. The molecule has 0 unspecified atom stereocenters. The first-order valence-electron chi connectivity index (χ1n) is 5.37. The van der Waals surface area contributed by atoms with E-state index in [-0.39, 0.29) is 5.91 Å². The van der Waals surface area contributed by atoms with Crippen LogP contribution in [0.25, 0.3) is 0 Å². The lowest BCUT2D eigenvalue weighted by Crippen LogP contribution is -2.11. The zero-order valence-corrected chi connectivity index (χ0v) is 9.81. The van der Waals surface area contributed by atoms with Gasteiger partial charge in [-0.15, -0.1) is 0 Å². The Balaban J connectivity index is 2.43. The van der Waals surface area contributed by atoms with E-state index in [2.05, 4.69) is 0 Å². The van der Waals surface area contributed by atoms with E-state index >= 15 is 0 Å². The molecule has 0 aliphatic heterocycles. The molecular weight excluding hydrogens is 214 g/mol. The van der Waals surface area contributed by atoms with Crippen LogP contribution in [-0.4, -0.2) is 16.8 Å². The highest BCUT2D eigenvalue weighted by atomic mass is 16.2. The van der Waals surface area contributed by atoms with E-state index in [4.69, 9.17) is 0 Å². The van der Waals surface area contributed by atoms with Gasteiger partial charge in [-0.05, 0) is 31.5 Å². The highest BCUT2D eigenvalue weighted by molar-refractivity contribution is 5.98. The van der Waals surface area contributed by atoms with E-state index in [1.54, 1.807) is 12.3 Å². The van der Waals surface area contributed by atoms with Gasteiger partial charge in [-0.2, -0.15) is 0 Å². The molecule has 0 aliphatic rings. The van der Waals surface area contributed by atoms with Crippen LogP contribution in [0, 0.1) is 13.8 Å². The van der Waals surface area contributed by atoms with Gasteiger partial charge in [0.15, 0.2) is 6.29 Å². The molecule has 0 amide bonds. The average Bonchev–Trinajstić information content (AvgIpc) is 2.80. The SMILES string of the molecule is Cc1ccc(C)c(C(=O)n2ccc(C=O)c2)c1. The van der Waals surface area contributed by atoms with Crippen LogP contribution < -0.4 is 0 Å². The van der Waals surface area contributed by atoms with Gasteiger partial charge in [0.25, 0.3) is 5.91 Å². The Morgan fingerprint density at radius 2 is 2.00 bits per heavy atom. The monoisotopic (exact) mass is 227 g/mol. The number of nitrogens with zero attached hydrogens (tertiary/aromatic N) is 1. The normalized spacial score (nSPS) is 10.2. The molecule has 2 aromatic rings. The largest absolute Gasteiger partial charge is 0.298 e. The minimum Gasteiger partial charge on any atom is -0.298 e. The maximum Gasteiger partial charge on any atom is 0.262 e. The Labute approximate surface area is 99.7 Å². The summed E-state index contributed by atoms with van der Waals surface area (Å²) in [4.78, 5) is 22.8. The van der Waals surface area contributed by atoms with Crippen molar-refractivity contribution in [2.45, 2.75) is 13.8 Å². The summed E-state index contributed by atoms with van der Waals surface area (Å²) in [5, 5.41) is 0. The second-order valence-corrected chi connectivity index (χ2v) is 4.09. The van der Waals surface area contributed by atoms with Gasteiger partial charge in [-0.1, -0.05) is 17.7 Å². The van der Waals surface area contributed by atoms with Crippen LogP contribution in [0.15, 0.2) is 36.7 Å². The summed E-state index contributed by atoms with van der Waals surface area (Å²) < 4.78 is 1.44. The number of carbonyl (C=O) groups is 2. The van der Waals surface area contributed by atoms with Crippen LogP contribution >= 0.6 is 0 Å². The Hall–Kier alpha value is -2.16. The third kappa shape index (κ3) is 2.18. The first-order chi connectivity index (χ1) is 8.11. The van der Waals surface area contributed by atoms with E-state index in [0.717, 1.165) is 17.4 Å². The van der Waals surface area contributed by atoms with Gasteiger partial charge in [-0.3, -0.25) is 14.2 Å². The Bertz CT molecular complexity index is 582. The van der Waals surface area contributed by atoms with E-state index in [1.165, 1.54) is 10.8 Å². The van der Waals surface area contributed by atoms with E-state index in [0.29, 0.717) is 11.1 Å². The van der Waals surface area contributed by atoms with Crippen LogP contribution in [0.3, 0.4) is 0 Å². The van der Waals surface area contributed by atoms with Gasteiger partial charge in [0.1, 0.15) is 0 Å². The van der Waals surface area contributed by atoms with Crippen molar-refractivity contribution in [1.29, 1.82) is 0 Å². The Morgan fingerprint density at radius 1 is 1.24 bits per heavy atom. The van der Waals surface area contributed by atoms with Gasteiger partial charge in [0.2, 0.25) is 0 Å². The van der Waals surface area contributed by atoms with Crippen LogP contribution in [0.4, 0.5) is 0 Å². The standard InChI is InChI=1S/C14H13NO2/c1-10-3-4-11(2)13(7-10)14(17)15-6-5-12(8-15)9-16/h3-9H,1-2H3. The molecule has 86 valence electrons. The second kappa shape index (κ2) is 4.37. The third-order valence-electron chi connectivity index (χ3n) is 2.71. The van der Waals surface area contributed by atoms with Gasteiger partial charge >= 0.3 is 0 Å². The number of benzene rings is 1. The minimum absolute atomic E-state index is 0.112. The van der Waals surface area contributed by atoms with Crippen molar-refractivity contribution in [1.82, 2.24) is 4.57 Å². The van der Waals surface area contributed by atoms with Crippen LogP contribution in [0.1, 0.15) is 31.8 Å². The number of hydrogen-bond donors (Lipinski definition) is 0. The zero-order chi connectivity index (χ0) is 12.4. The molecule has 0 atom stereocenters. The highest BCUT2D eigenvalue weighted by Gasteiger charge is 2.11. The summed E-state index contributed by atoms with van der Waals surface area (Å²) >= 11 is 0. The fraction of sp³-hybridized carbons (Fsp3) is 0.143. The van der Waals surface area contributed by atoms with Crippen LogP contribution in [0.5, 0.6) is 0 Å². The number of carbonyl (C=O) groups excluding carboxylic acids is 2. The quantitative estimate of drug-likeness (QED) is 0.740. The number of aryl methyl sites for hydroxylation is 2. The second-order valence-electron chi connectivity index (χ2n) is 4.09. The van der Waals surface area contributed by atoms with Gasteiger partial charge in [0, 0.05) is 23.5 Å². The number of aromatic nitrogens is 1. The van der Waals surface area contributed by atoms with E-state index in [9.17, 15) is 9.59 Å². The summed E-state index contributed by atoms with van der Waals surface area (Å²) in [5.41, 5.74) is 3.14. The van der Waals surface area contributed by atoms with Crippen molar-refractivity contribution in [3.05, 3.63) is 58.9 Å². The van der Waals surface area contributed by atoms with Crippen molar-refractivity contribution in [2.24, 2.45) is 0 Å². The topological polar surface area (TPSA) is 39.1 Å². The number of hydrogen-bond acceptors (Lipinski definition) is 2. The van der Waals surface area contributed by atoms with Crippen molar-refractivity contribution in [3.8, 4) is 0 Å². The predicted octanol–water partition coefficient (Wildman–Crippen LogP) is 2.61. The molecule has 0 fully saturated rings. The molecule has 2 rings (SSSR count). The summed E-state index contributed by atoms with van der Waals surface area (Å²) in [6, 6.07) is 7.37. The van der Waals surface area contributed by atoms with Gasteiger partial charge in [0.05, 0.1) is 0 Å². The first kappa shape index (κ1) is 11.3. The highest BCUT2D eigenvalue weighted by Crippen LogP contribution is 2.13. The molecule has 3 heteroatoms. The molecular formula is C14H13NO2. The molecule has 0 spiro atoms. The zero-order valence-electron chi connectivity index (χ0n) is 9.81. The molecule has 0 saturated heterocycles. The maximum atomic E-state index is 12.2. The molecule has 1 heterocycles. The van der Waals surface area contributed by atoms with Crippen LogP contribution in [0.2, 0.25) is 0 Å². The summed E-state index contributed by atoms with van der Waals surface area (Å²) in [6.07, 6.45) is 3.87. The molecule has 0 radical (unpaired) electrons. The first-order valence-corrected chi connectivity index (χ1v) is 5.37. The third-order valence-corrected chi connectivity index (χ3v) is 2.71. The van der Waals surface area contributed by atoms with Gasteiger partial charge in [-0.25, -0.2) is 0 Å². The molecule has 0 saturated carbocycles. The molecule has 0 bridgehead atoms. The van der Waals surface area contributed by atoms with Gasteiger partial charge < -0.3 is 0 Å². The average molecular weight is 227 g/mol. The van der Waals surface area contributed by atoms with E-state index in [1.807, 2.05) is 32.0 Å². The summed E-state index contributed by atoms with van der Waals surface area (Å²) in [5.74, 6) is -0.112. The smallest absolute Gasteiger partial charge is 0.262 e. The maximum absolute atomic E-state index is 12.2. The minimum atomic E-state index is -0.112. The van der Waals surface area contributed by atoms with E-state index < -0.39 is 0 Å². The lowest BCUT2D eigenvalue weighted by Gasteiger charge is -2.06. The summed E-state index contributed by atoms with van der Waals surface area (Å²) in [6.45, 7) is 3.85. The molecule has 1 aromatic carbocycles. The fourth-order valence-electron chi connectivity index (χ4n) is 1.71. The van der Waals surface area contributed by atoms with Crippen molar-refractivity contribution in [3.63, 3.8) is 0 Å². The van der Waals surface area contributed by atoms with Crippen molar-refractivity contribution in [2.75, 3.05) is 0 Å². The number of aldehydes is 1. The molecule has 3 nitrogen and oxygen atoms in total. The van der Waals surface area contributed by atoms with Crippen LogP contribution in [-0.2, 0) is 0 Å². The Morgan fingerprint density at radius 3 is 2.65 bits per heavy atom. The lowest BCUT2D eigenvalue weighted by molar-refractivity contribution is 0.0959. The van der Waals surface area contributed by atoms with Crippen molar-refractivity contribution >= 4 is 12.2 Å². The predicted molar refractivity (Wildman–Crippen MR) is 65.5 cm³/mol. The summed E-state index contributed by atoms with van der Waals surface area (Å²) in [7, 11) is 0. The molecule has 1 aromatic heterocycles. The lowest BCUT2D eigenvalue weighted by atomic mass is 10.1.